The average molecular weight is 352 g/mol. The molecule has 0 aliphatic carbocycles. The highest BCUT2D eigenvalue weighted by Crippen LogP contribution is 2.48. The fourth-order valence-electron chi connectivity index (χ4n) is 3.25. The van der Waals surface area contributed by atoms with Gasteiger partial charge in [0.15, 0.2) is 0 Å². The Balaban J connectivity index is 1.89. The standard InChI is InChI=1S/C15H16N2O6S/c1-6(18)11-9-4-8(12(14(20)21)17(9)13(11)19)10-3-2-7(24-10)5-23-15(16)22/h2-3,6,9,11,18H,4-5H2,1H3,(H2,16,22)(H,20,21)/t6-,9-,11-/m1/s1. The van der Waals surface area contributed by atoms with E-state index in [0.717, 1.165) is 0 Å². The number of β-lactam (4-membered cyclic amide) rings is 1. The van der Waals surface area contributed by atoms with Crippen LogP contribution in [0.2, 0.25) is 0 Å². The number of carbonyl (C=O) groups excluding carboxylic acids is 2. The number of thiophene rings is 1. The van der Waals surface area contributed by atoms with Crippen molar-refractivity contribution in [1.29, 1.82) is 0 Å². The third kappa shape index (κ3) is 2.55. The summed E-state index contributed by atoms with van der Waals surface area (Å²) in [6.45, 7) is 1.54. The molecule has 1 aromatic rings. The fraction of sp³-hybridized carbons (Fsp3) is 0.400. The Morgan fingerprint density at radius 1 is 1.50 bits per heavy atom. The summed E-state index contributed by atoms with van der Waals surface area (Å²) in [5.41, 5.74) is 5.44. The van der Waals surface area contributed by atoms with Crippen molar-refractivity contribution in [3.63, 3.8) is 0 Å². The third-order valence-electron chi connectivity index (χ3n) is 4.25. The van der Waals surface area contributed by atoms with Crippen LogP contribution in [-0.2, 0) is 20.9 Å². The van der Waals surface area contributed by atoms with Crippen LogP contribution in [-0.4, -0.2) is 45.2 Å². The lowest BCUT2D eigenvalue weighted by Gasteiger charge is -2.44. The van der Waals surface area contributed by atoms with Gasteiger partial charge in [0.1, 0.15) is 12.3 Å². The van der Waals surface area contributed by atoms with E-state index in [1.165, 1.54) is 23.2 Å². The molecular formula is C15H16N2O6S. The van der Waals surface area contributed by atoms with Crippen molar-refractivity contribution in [1.82, 2.24) is 4.90 Å². The quantitative estimate of drug-likeness (QED) is 0.670. The number of rotatable bonds is 5. The highest BCUT2D eigenvalue weighted by Gasteiger charge is 2.56. The zero-order valence-corrected chi connectivity index (χ0v) is 13.6. The molecule has 1 fully saturated rings. The van der Waals surface area contributed by atoms with Gasteiger partial charge >= 0.3 is 12.1 Å². The van der Waals surface area contributed by atoms with Crippen LogP contribution < -0.4 is 5.73 Å². The van der Waals surface area contributed by atoms with E-state index >= 15 is 0 Å². The lowest BCUT2D eigenvalue weighted by Crippen LogP contribution is -2.61. The number of aliphatic hydroxyl groups excluding tert-OH is 1. The predicted molar refractivity (Wildman–Crippen MR) is 83.7 cm³/mol. The van der Waals surface area contributed by atoms with E-state index < -0.39 is 24.1 Å². The van der Waals surface area contributed by atoms with Crippen molar-refractivity contribution in [2.45, 2.75) is 32.1 Å². The summed E-state index contributed by atoms with van der Waals surface area (Å²) in [5, 5.41) is 19.2. The number of nitrogens with two attached hydrogens (primary N) is 1. The molecule has 0 spiro atoms. The minimum Gasteiger partial charge on any atom is -0.477 e. The Bertz CT molecular complexity index is 753. The number of hydrogen-bond acceptors (Lipinski definition) is 6. The molecule has 0 radical (unpaired) electrons. The number of carboxylic acid groups (broad SMARTS) is 1. The SMILES string of the molecule is C[C@@H](O)[C@H]1C(=O)N2C(C(=O)O)=C(c3ccc(COC(N)=O)s3)C[C@H]12. The average Bonchev–Trinajstić information content (AvgIpc) is 3.06. The van der Waals surface area contributed by atoms with Gasteiger partial charge in [-0.05, 0) is 25.5 Å². The van der Waals surface area contributed by atoms with Crippen molar-refractivity contribution >= 4 is 34.9 Å². The summed E-state index contributed by atoms with van der Waals surface area (Å²) in [6, 6.07) is 3.13. The first kappa shape index (κ1) is 16.5. The van der Waals surface area contributed by atoms with Crippen LogP contribution in [0, 0.1) is 5.92 Å². The molecule has 2 amide bonds. The van der Waals surface area contributed by atoms with Crippen LogP contribution >= 0.6 is 11.3 Å². The number of amides is 2. The fourth-order valence-corrected chi connectivity index (χ4v) is 4.23. The van der Waals surface area contributed by atoms with Crippen LogP contribution in [0.1, 0.15) is 23.1 Å². The monoisotopic (exact) mass is 352 g/mol. The van der Waals surface area contributed by atoms with E-state index in [1.54, 1.807) is 12.1 Å². The Morgan fingerprint density at radius 2 is 2.21 bits per heavy atom. The zero-order chi connectivity index (χ0) is 17.6. The van der Waals surface area contributed by atoms with Gasteiger partial charge in [0.05, 0.1) is 18.1 Å². The predicted octanol–water partition coefficient (Wildman–Crippen LogP) is 0.751. The molecule has 1 aromatic heterocycles. The van der Waals surface area contributed by atoms with Crippen molar-refractivity contribution in [3.8, 4) is 0 Å². The lowest BCUT2D eigenvalue weighted by molar-refractivity contribution is -0.161. The topological polar surface area (TPSA) is 130 Å². The molecule has 0 aromatic carbocycles. The molecule has 2 aliphatic heterocycles. The smallest absolute Gasteiger partial charge is 0.404 e. The number of carboxylic acids is 1. The Morgan fingerprint density at radius 3 is 2.79 bits per heavy atom. The number of hydrogen-bond donors (Lipinski definition) is 3. The van der Waals surface area contributed by atoms with Crippen molar-refractivity contribution in [2.24, 2.45) is 11.7 Å². The van der Waals surface area contributed by atoms with Crippen LogP contribution in [0.25, 0.3) is 5.57 Å². The molecule has 2 aliphatic rings. The summed E-state index contributed by atoms with van der Waals surface area (Å²) in [4.78, 5) is 37.1. The number of ether oxygens (including phenoxy) is 1. The van der Waals surface area contributed by atoms with Gasteiger partial charge in [-0.3, -0.25) is 4.79 Å². The maximum atomic E-state index is 12.2. The first-order chi connectivity index (χ1) is 11.3. The summed E-state index contributed by atoms with van der Waals surface area (Å²) >= 11 is 1.28. The van der Waals surface area contributed by atoms with Gasteiger partial charge in [0, 0.05) is 15.3 Å². The summed E-state index contributed by atoms with van der Waals surface area (Å²) in [7, 11) is 0. The van der Waals surface area contributed by atoms with Gasteiger partial charge in [0.2, 0.25) is 5.91 Å². The number of aliphatic carboxylic acids is 1. The third-order valence-corrected chi connectivity index (χ3v) is 5.37. The minimum absolute atomic E-state index is 0.0120. The maximum absolute atomic E-state index is 12.2. The Hall–Kier alpha value is -2.39. The molecule has 9 heteroatoms. The molecule has 3 atom stereocenters. The molecule has 1 saturated heterocycles. The highest BCUT2D eigenvalue weighted by atomic mass is 32.1. The highest BCUT2D eigenvalue weighted by molar-refractivity contribution is 7.13. The summed E-state index contributed by atoms with van der Waals surface area (Å²) in [6.07, 6.45) is -1.33. The maximum Gasteiger partial charge on any atom is 0.404 e. The molecule has 128 valence electrons. The Labute approximate surface area is 141 Å². The summed E-state index contributed by atoms with van der Waals surface area (Å²) < 4.78 is 4.72. The molecular weight excluding hydrogens is 336 g/mol. The number of fused-ring (bicyclic) bond motifs is 1. The van der Waals surface area contributed by atoms with E-state index in [1.807, 2.05) is 0 Å². The molecule has 4 N–H and O–H groups in total. The van der Waals surface area contributed by atoms with Crippen molar-refractivity contribution in [3.05, 3.63) is 27.6 Å². The van der Waals surface area contributed by atoms with E-state index in [4.69, 9.17) is 10.5 Å². The van der Waals surface area contributed by atoms with Crippen LogP contribution in [0.5, 0.6) is 0 Å². The minimum atomic E-state index is -1.17. The van der Waals surface area contributed by atoms with Crippen molar-refractivity contribution in [2.75, 3.05) is 0 Å². The van der Waals surface area contributed by atoms with E-state index in [0.29, 0.717) is 21.7 Å². The van der Waals surface area contributed by atoms with Crippen LogP contribution in [0.15, 0.2) is 17.8 Å². The van der Waals surface area contributed by atoms with Crippen LogP contribution in [0.4, 0.5) is 4.79 Å². The first-order valence-electron chi connectivity index (χ1n) is 7.30. The van der Waals surface area contributed by atoms with Gasteiger partial charge in [0.25, 0.3) is 0 Å². The normalized spacial score (nSPS) is 23.8. The number of aliphatic hydroxyl groups is 1. The molecule has 3 rings (SSSR count). The van der Waals surface area contributed by atoms with E-state index in [-0.39, 0.29) is 24.3 Å². The largest absolute Gasteiger partial charge is 0.477 e. The molecule has 3 heterocycles. The number of carbonyl (C=O) groups is 3. The molecule has 0 saturated carbocycles. The Kier molecular flexibility index (Phi) is 4.06. The van der Waals surface area contributed by atoms with Gasteiger partial charge in [-0.15, -0.1) is 11.3 Å². The molecule has 0 unspecified atom stereocenters. The van der Waals surface area contributed by atoms with Gasteiger partial charge in [-0.1, -0.05) is 0 Å². The van der Waals surface area contributed by atoms with E-state index in [9.17, 15) is 24.6 Å². The summed E-state index contributed by atoms with van der Waals surface area (Å²) in [5.74, 6) is -2.11. The van der Waals surface area contributed by atoms with Gasteiger partial charge in [-0.2, -0.15) is 0 Å². The van der Waals surface area contributed by atoms with Gasteiger partial charge in [-0.25, -0.2) is 9.59 Å². The lowest BCUT2D eigenvalue weighted by atomic mass is 9.83. The molecule has 0 bridgehead atoms. The van der Waals surface area contributed by atoms with Crippen LogP contribution in [0.3, 0.4) is 0 Å². The second-order valence-electron chi connectivity index (χ2n) is 5.75. The second kappa shape index (κ2) is 5.91. The molecule has 8 nitrogen and oxygen atoms in total. The van der Waals surface area contributed by atoms with E-state index in [2.05, 4.69) is 0 Å². The second-order valence-corrected chi connectivity index (χ2v) is 6.92. The zero-order valence-electron chi connectivity index (χ0n) is 12.8. The van der Waals surface area contributed by atoms with Gasteiger partial charge < -0.3 is 25.6 Å². The first-order valence-corrected chi connectivity index (χ1v) is 8.11. The molecule has 24 heavy (non-hydrogen) atoms. The van der Waals surface area contributed by atoms with Crippen molar-refractivity contribution < 1.29 is 29.3 Å². The number of nitrogens with zero attached hydrogens (tertiary/aromatic N) is 1. The number of primary amides is 1.